The fourth-order valence-electron chi connectivity index (χ4n) is 2.41. The first-order valence-electron chi connectivity index (χ1n) is 7.06. The molecule has 0 bridgehead atoms. The molecule has 1 heterocycles. The van der Waals surface area contributed by atoms with E-state index in [2.05, 4.69) is 9.89 Å². The molecule has 6 heteroatoms. The molecule has 2 N–H and O–H groups in total. The number of benzene rings is 2. The van der Waals surface area contributed by atoms with E-state index in [4.69, 9.17) is 21.9 Å². The van der Waals surface area contributed by atoms with Gasteiger partial charge < -0.3 is 15.0 Å². The molecule has 1 unspecified atom stereocenters. The topological polar surface area (TPSA) is 78.4 Å². The normalized spacial score (nSPS) is 12.3. The van der Waals surface area contributed by atoms with E-state index in [-0.39, 0.29) is 0 Å². The molecule has 0 aliphatic rings. The fourth-order valence-corrected chi connectivity index (χ4v) is 2.54. The number of methoxy groups -OCH3 is 1. The molecule has 5 nitrogen and oxygen atoms in total. The summed E-state index contributed by atoms with van der Waals surface area (Å²) in [5.74, 6) is 0.221. The predicted molar refractivity (Wildman–Crippen MR) is 88.2 cm³/mol. The number of ether oxygens (including phenoxy) is 1. The number of halogens is 1. The minimum absolute atomic E-state index is 0.383. The van der Waals surface area contributed by atoms with Crippen LogP contribution >= 0.6 is 11.6 Å². The first-order valence-corrected chi connectivity index (χ1v) is 7.44. The molecule has 0 aliphatic heterocycles. The van der Waals surface area contributed by atoms with Crippen LogP contribution in [0, 0.1) is 0 Å². The van der Waals surface area contributed by atoms with Crippen LogP contribution in [0.5, 0.6) is 0 Å². The molecule has 0 fully saturated rings. The van der Waals surface area contributed by atoms with Crippen LogP contribution in [0.2, 0.25) is 5.02 Å². The maximum Gasteiger partial charge on any atom is 0.322 e. The Morgan fingerprint density at radius 3 is 2.74 bits per heavy atom. The molecule has 3 aromatic rings. The summed E-state index contributed by atoms with van der Waals surface area (Å²) in [6.07, 6.45) is 0.383. The Morgan fingerprint density at radius 1 is 1.30 bits per heavy atom. The minimum atomic E-state index is -0.698. The molecule has 0 aliphatic carbocycles. The Balaban J connectivity index is 1.97. The van der Waals surface area contributed by atoms with E-state index in [1.165, 1.54) is 7.11 Å². The molecule has 1 aromatic heterocycles. The Hall–Kier alpha value is -2.37. The summed E-state index contributed by atoms with van der Waals surface area (Å²) in [6.45, 7) is 0. The quantitative estimate of drug-likeness (QED) is 0.743. The van der Waals surface area contributed by atoms with Gasteiger partial charge in [-0.15, -0.1) is 0 Å². The lowest BCUT2D eigenvalue weighted by atomic mass is 10.0. The van der Waals surface area contributed by atoms with E-state index in [0.717, 1.165) is 22.0 Å². The van der Waals surface area contributed by atoms with Gasteiger partial charge in [0, 0.05) is 16.0 Å². The van der Waals surface area contributed by atoms with Crippen LogP contribution in [0.3, 0.4) is 0 Å². The molecular weight excluding hydrogens is 316 g/mol. The van der Waals surface area contributed by atoms with Crippen molar-refractivity contribution in [2.75, 3.05) is 7.11 Å². The largest absolute Gasteiger partial charge is 0.468 e. The summed E-state index contributed by atoms with van der Waals surface area (Å²) in [5, 5.41) is 5.58. The lowest BCUT2D eigenvalue weighted by Crippen LogP contribution is -2.33. The van der Waals surface area contributed by atoms with Crippen LogP contribution in [0.4, 0.5) is 0 Å². The van der Waals surface area contributed by atoms with Crippen LogP contribution in [0.15, 0.2) is 47.0 Å². The highest BCUT2D eigenvalue weighted by Gasteiger charge is 2.16. The van der Waals surface area contributed by atoms with Crippen molar-refractivity contribution >= 4 is 28.5 Å². The second kappa shape index (κ2) is 6.40. The van der Waals surface area contributed by atoms with Gasteiger partial charge in [-0.2, -0.15) is 0 Å². The predicted octanol–water partition coefficient (Wildman–Crippen LogP) is 3.19. The molecule has 0 spiro atoms. The molecule has 118 valence electrons. The zero-order valence-electron chi connectivity index (χ0n) is 12.5. The van der Waals surface area contributed by atoms with Gasteiger partial charge in [0.1, 0.15) is 11.6 Å². The number of aromatic nitrogens is 1. The van der Waals surface area contributed by atoms with Crippen LogP contribution in [-0.4, -0.2) is 24.3 Å². The lowest BCUT2D eigenvalue weighted by molar-refractivity contribution is -0.142. The van der Waals surface area contributed by atoms with Crippen molar-refractivity contribution in [2.24, 2.45) is 5.73 Å². The number of nitrogens with two attached hydrogens (primary N) is 1. The van der Waals surface area contributed by atoms with Crippen molar-refractivity contribution in [2.45, 2.75) is 12.5 Å². The zero-order chi connectivity index (χ0) is 16.4. The highest BCUT2D eigenvalue weighted by Crippen LogP contribution is 2.30. The zero-order valence-corrected chi connectivity index (χ0v) is 13.2. The maximum absolute atomic E-state index is 11.5. The van der Waals surface area contributed by atoms with Crippen molar-refractivity contribution in [1.82, 2.24) is 5.16 Å². The number of rotatable bonds is 4. The molecule has 3 rings (SSSR count). The van der Waals surface area contributed by atoms with Crippen LogP contribution in [0.1, 0.15) is 5.56 Å². The summed E-state index contributed by atoms with van der Waals surface area (Å²) >= 11 is 5.91. The highest BCUT2D eigenvalue weighted by atomic mass is 35.5. The van der Waals surface area contributed by atoms with Crippen LogP contribution in [-0.2, 0) is 16.0 Å². The van der Waals surface area contributed by atoms with Crippen molar-refractivity contribution in [3.63, 3.8) is 0 Å². The third kappa shape index (κ3) is 3.21. The van der Waals surface area contributed by atoms with E-state index < -0.39 is 12.0 Å². The summed E-state index contributed by atoms with van der Waals surface area (Å²) in [5.41, 5.74) is 8.35. The van der Waals surface area contributed by atoms with Gasteiger partial charge in [0.2, 0.25) is 0 Å². The second-order valence-corrected chi connectivity index (χ2v) is 5.64. The Morgan fingerprint density at radius 2 is 2.04 bits per heavy atom. The molecular formula is C17H15ClN2O3. The molecule has 1 atom stereocenters. The van der Waals surface area contributed by atoms with Crippen molar-refractivity contribution in [3.05, 3.63) is 53.1 Å². The highest BCUT2D eigenvalue weighted by molar-refractivity contribution is 6.30. The van der Waals surface area contributed by atoms with Crippen LogP contribution in [0.25, 0.3) is 22.2 Å². The van der Waals surface area contributed by atoms with E-state index in [9.17, 15) is 4.79 Å². The van der Waals surface area contributed by atoms with Crippen molar-refractivity contribution in [1.29, 1.82) is 0 Å². The van der Waals surface area contributed by atoms with Gasteiger partial charge in [-0.25, -0.2) is 0 Å². The van der Waals surface area contributed by atoms with Crippen LogP contribution < -0.4 is 5.73 Å². The van der Waals surface area contributed by atoms with Gasteiger partial charge in [-0.05, 0) is 48.4 Å². The van der Waals surface area contributed by atoms with Crippen molar-refractivity contribution in [3.8, 4) is 11.3 Å². The molecule has 0 saturated carbocycles. The minimum Gasteiger partial charge on any atom is -0.468 e. The second-order valence-electron chi connectivity index (χ2n) is 5.20. The Bertz CT molecular complexity index is 843. The van der Waals surface area contributed by atoms with Gasteiger partial charge in [0.15, 0.2) is 5.76 Å². The third-order valence-electron chi connectivity index (χ3n) is 3.61. The molecule has 0 saturated heterocycles. The number of esters is 1. The Labute approximate surface area is 138 Å². The number of hydrogen-bond donors (Lipinski definition) is 1. The van der Waals surface area contributed by atoms with Gasteiger partial charge in [0.25, 0.3) is 0 Å². The van der Waals surface area contributed by atoms with Crippen molar-refractivity contribution < 1.29 is 14.1 Å². The van der Waals surface area contributed by atoms with Gasteiger partial charge in [-0.3, -0.25) is 4.79 Å². The summed E-state index contributed by atoms with van der Waals surface area (Å²) in [6, 6.07) is 12.3. The fraction of sp³-hybridized carbons (Fsp3) is 0.176. The third-order valence-corrected chi connectivity index (χ3v) is 3.86. The first-order chi connectivity index (χ1) is 11.1. The summed E-state index contributed by atoms with van der Waals surface area (Å²) < 4.78 is 10.1. The lowest BCUT2D eigenvalue weighted by Gasteiger charge is -2.09. The number of hydrogen-bond acceptors (Lipinski definition) is 5. The van der Waals surface area contributed by atoms with E-state index in [1.54, 1.807) is 12.1 Å². The molecule has 2 aromatic carbocycles. The van der Waals surface area contributed by atoms with E-state index in [0.29, 0.717) is 17.2 Å². The summed E-state index contributed by atoms with van der Waals surface area (Å²) in [7, 11) is 1.32. The van der Waals surface area contributed by atoms with Gasteiger partial charge in [0.05, 0.1) is 7.11 Å². The Kier molecular flexibility index (Phi) is 4.32. The van der Waals surface area contributed by atoms with E-state index in [1.807, 2.05) is 30.3 Å². The van der Waals surface area contributed by atoms with Gasteiger partial charge >= 0.3 is 5.97 Å². The SMILES string of the molecule is COC(=O)C(N)Cc1ccc2noc(-c3ccc(Cl)cc3)c2c1. The number of nitrogens with zero attached hydrogens (tertiary/aromatic N) is 1. The maximum atomic E-state index is 11.5. The molecule has 0 amide bonds. The van der Waals surface area contributed by atoms with Gasteiger partial charge in [-0.1, -0.05) is 22.8 Å². The summed E-state index contributed by atoms with van der Waals surface area (Å²) in [4.78, 5) is 11.5. The average Bonchev–Trinajstić information content (AvgIpc) is 2.98. The first kappa shape index (κ1) is 15.5. The molecule has 0 radical (unpaired) electrons. The number of carbonyl (C=O) groups is 1. The number of carbonyl (C=O) groups excluding carboxylic acids is 1. The monoisotopic (exact) mass is 330 g/mol. The molecule has 23 heavy (non-hydrogen) atoms. The average molecular weight is 331 g/mol. The standard InChI is InChI=1S/C17H15ClN2O3/c1-22-17(21)14(19)9-10-2-7-15-13(8-10)16(23-20-15)11-3-5-12(18)6-4-11/h2-8,14H,9,19H2,1H3. The number of fused-ring (bicyclic) bond motifs is 1. The smallest absolute Gasteiger partial charge is 0.322 e. The van der Waals surface area contributed by atoms with E-state index >= 15 is 0 Å².